The number of rotatable bonds is 5. The Morgan fingerprint density at radius 2 is 1.87 bits per heavy atom. The molecular formula is C14H14F3N3O3. The molecule has 0 bridgehead atoms. The van der Waals surface area contributed by atoms with Crippen LogP contribution in [0, 0.1) is 0 Å². The summed E-state index contributed by atoms with van der Waals surface area (Å²) in [4.78, 5) is 26.5. The molecule has 1 atom stereocenters. The van der Waals surface area contributed by atoms with Crippen LogP contribution in [0.4, 0.5) is 18.9 Å². The summed E-state index contributed by atoms with van der Waals surface area (Å²) in [7, 11) is 0.985. The van der Waals surface area contributed by atoms with Gasteiger partial charge in [-0.15, -0.1) is 0 Å². The van der Waals surface area contributed by atoms with E-state index in [1.165, 1.54) is 31.2 Å². The van der Waals surface area contributed by atoms with Gasteiger partial charge in [0.1, 0.15) is 6.04 Å². The van der Waals surface area contributed by atoms with Gasteiger partial charge < -0.3 is 10.3 Å². The van der Waals surface area contributed by atoms with Crippen molar-refractivity contribution < 1.29 is 32.3 Å². The molecule has 0 heterocycles. The van der Waals surface area contributed by atoms with Crippen molar-refractivity contribution in [2.75, 3.05) is 12.0 Å². The van der Waals surface area contributed by atoms with Crippen molar-refractivity contribution in [1.29, 1.82) is 0 Å². The summed E-state index contributed by atoms with van der Waals surface area (Å²) >= 11 is 0. The number of benzene rings is 1. The molecule has 0 aromatic heterocycles. The Labute approximate surface area is 130 Å². The Kier molecular flexibility index (Phi) is 6.03. The molecule has 0 aliphatic rings. The molecule has 1 unspecified atom stereocenters. The number of halogens is 3. The maximum atomic E-state index is 12.9. The van der Waals surface area contributed by atoms with Crippen LogP contribution >= 0.6 is 0 Å². The lowest BCUT2D eigenvalue weighted by atomic mass is 10.1. The van der Waals surface area contributed by atoms with Gasteiger partial charge in [-0.3, -0.25) is 9.69 Å². The van der Waals surface area contributed by atoms with E-state index in [1.807, 2.05) is 0 Å². The highest BCUT2D eigenvalue weighted by atomic mass is 19.4. The number of ether oxygens (including phenoxy) is 1. The molecule has 0 radical (unpaired) electrons. The monoisotopic (exact) mass is 329 g/mol. The second-order valence-corrected chi connectivity index (χ2v) is 4.41. The van der Waals surface area contributed by atoms with E-state index < -0.39 is 29.8 Å². The summed E-state index contributed by atoms with van der Waals surface area (Å²) in [5.41, 5.74) is 8.19. The number of hydrogen-bond donors (Lipinski definition) is 0. The highest BCUT2D eigenvalue weighted by Gasteiger charge is 2.49. The van der Waals surface area contributed by atoms with Crippen LogP contribution in [0.1, 0.15) is 13.3 Å². The third-order valence-corrected chi connectivity index (χ3v) is 3.01. The zero-order valence-corrected chi connectivity index (χ0v) is 12.4. The molecule has 0 saturated carbocycles. The molecule has 1 aromatic carbocycles. The van der Waals surface area contributed by atoms with Crippen molar-refractivity contribution in [2.45, 2.75) is 25.6 Å². The van der Waals surface area contributed by atoms with Gasteiger partial charge in [0.25, 0.3) is 0 Å². The molecule has 9 heteroatoms. The van der Waals surface area contributed by atoms with Gasteiger partial charge in [0, 0.05) is 5.69 Å². The number of hydrogen-bond acceptors (Lipinski definition) is 3. The maximum absolute atomic E-state index is 12.9. The fourth-order valence-electron chi connectivity index (χ4n) is 2.01. The number of carbonyl (C=O) groups excluding carboxylic acids is 2. The Hall–Kier alpha value is -2.67. The summed E-state index contributed by atoms with van der Waals surface area (Å²) in [5, 5.41) is 0. The Balaban J connectivity index is 3.46. The minimum Gasteiger partial charge on any atom is -0.460 e. The molecule has 124 valence electrons. The van der Waals surface area contributed by atoms with Crippen molar-refractivity contribution in [2.24, 2.45) is 0 Å². The first-order valence-corrected chi connectivity index (χ1v) is 6.53. The van der Waals surface area contributed by atoms with E-state index in [0.717, 1.165) is 7.11 Å². The van der Waals surface area contributed by atoms with E-state index in [-0.39, 0.29) is 12.1 Å². The van der Waals surface area contributed by atoms with E-state index in [4.69, 9.17) is 5.53 Å². The fourth-order valence-corrected chi connectivity index (χ4v) is 2.01. The number of carbonyl (C=O) groups is 2. The molecule has 0 aliphatic heterocycles. The first-order valence-electron chi connectivity index (χ1n) is 6.53. The number of amides is 1. The predicted octanol–water partition coefficient (Wildman–Crippen LogP) is 2.20. The fraction of sp³-hybridized carbons (Fsp3) is 0.357. The third kappa shape index (κ3) is 4.17. The Bertz CT molecular complexity index is 625. The van der Waals surface area contributed by atoms with Gasteiger partial charge in [-0.25, -0.2) is 4.79 Å². The standard InChI is InChI=1S/C14H14F3N3O3/c1-3-10(11(19-18)12(21)23-2)20(13(22)14(15,16)17)9-7-5-4-6-8-9/h4-8,10H,3H2,1-2H3. The van der Waals surface area contributed by atoms with E-state index in [1.54, 1.807) is 6.07 Å². The summed E-state index contributed by atoms with van der Waals surface area (Å²) in [5.74, 6) is -3.31. The average molecular weight is 329 g/mol. The molecular weight excluding hydrogens is 315 g/mol. The summed E-state index contributed by atoms with van der Waals surface area (Å²) in [6.45, 7) is 1.44. The van der Waals surface area contributed by atoms with Gasteiger partial charge in [0.15, 0.2) is 0 Å². The molecule has 6 nitrogen and oxygen atoms in total. The van der Waals surface area contributed by atoms with Gasteiger partial charge in [-0.1, -0.05) is 25.1 Å². The van der Waals surface area contributed by atoms with Crippen LogP contribution < -0.4 is 4.90 Å². The SMILES string of the molecule is CCC(C(=[N+]=[N-])C(=O)OC)N(C(=O)C(F)(F)F)c1ccccc1. The van der Waals surface area contributed by atoms with Crippen LogP contribution in [0.3, 0.4) is 0 Å². The van der Waals surface area contributed by atoms with Crippen LogP contribution in [-0.4, -0.2) is 41.7 Å². The van der Waals surface area contributed by atoms with E-state index in [2.05, 4.69) is 9.53 Å². The lowest BCUT2D eigenvalue weighted by molar-refractivity contribution is -0.170. The molecule has 0 N–H and O–H groups in total. The van der Waals surface area contributed by atoms with Crippen LogP contribution in [0.15, 0.2) is 30.3 Å². The number of anilines is 1. The number of esters is 1. The van der Waals surface area contributed by atoms with Crippen molar-refractivity contribution in [3.8, 4) is 0 Å². The van der Waals surface area contributed by atoms with Gasteiger partial charge >= 0.3 is 23.8 Å². The Morgan fingerprint density at radius 1 is 1.30 bits per heavy atom. The first-order chi connectivity index (χ1) is 10.8. The highest BCUT2D eigenvalue weighted by Crippen LogP contribution is 2.27. The minimum atomic E-state index is -5.17. The van der Waals surface area contributed by atoms with Gasteiger partial charge in [0.2, 0.25) is 0 Å². The summed E-state index contributed by atoms with van der Waals surface area (Å²) < 4.78 is 43.2. The normalized spacial score (nSPS) is 12.0. The molecule has 0 spiro atoms. The van der Waals surface area contributed by atoms with Gasteiger partial charge in [0.05, 0.1) is 7.11 Å². The Morgan fingerprint density at radius 3 is 2.26 bits per heavy atom. The number of methoxy groups -OCH3 is 1. The number of nitrogens with zero attached hydrogens (tertiary/aromatic N) is 3. The zero-order chi connectivity index (χ0) is 17.6. The molecule has 23 heavy (non-hydrogen) atoms. The lowest BCUT2D eigenvalue weighted by Crippen LogP contribution is -2.52. The smallest absolute Gasteiger partial charge is 0.460 e. The molecule has 1 rings (SSSR count). The first kappa shape index (κ1) is 18.4. The molecule has 1 amide bonds. The quantitative estimate of drug-likeness (QED) is 0.359. The van der Waals surface area contributed by atoms with E-state index in [0.29, 0.717) is 4.90 Å². The second kappa shape index (κ2) is 7.55. The lowest BCUT2D eigenvalue weighted by Gasteiger charge is -2.28. The predicted molar refractivity (Wildman–Crippen MR) is 74.7 cm³/mol. The largest absolute Gasteiger partial charge is 0.471 e. The molecule has 1 aromatic rings. The van der Waals surface area contributed by atoms with Crippen molar-refractivity contribution in [1.82, 2.24) is 0 Å². The molecule has 0 saturated heterocycles. The van der Waals surface area contributed by atoms with Crippen LogP contribution in [-0.2, 0) is 14.3 Å². The highest BCUT2D eigenvalue weighted by molar-refractivity contribution is 6.37. The van der Waals surface area contributed by atoms with Crippen molar-refractivity contribution in [3.63, 3.8) is 0 Å². The molecule has 0 aliphatic carbocycles. The second-order valence-electron chi connectivity index (χ2n) is 4.41. The van der Waals surface area contributed by atoms with Crippen LogP contribution in [0.5, 0.6) is 0 Å². The van der Waals surface area contributed by atoms with Crippen molar-refractivity contribution >= 4 is 23.3 Å². The number of para-hydroxylation sites is 1. The van der Waals surface area contributed by atoms with Crippen LogP contribution in [0.2, 0.25) is 0 Å². The maximum Gasteiger partial charge on any atom is 0.471 e. The van der Waals surface area contributed by atoms with Gasteiger partial charge in [-0.05, 0) is 18.6 Å². The van der Waals surface area contributed by atoms with Crippen molar-refractivity contribution in [3.05, 3.63) is 35.9 Å². The van der Waals surface area contributed by atoms with Gasteiger partial charge in [-0.2, -0.15) is 18.0 Å². The average Bonchev–Trinajstić information content (AvgIpc) is 2.53. The van der Waals surface area contributed by atoms with E-state index in [9.17, 15) is 22.8 Å². The summed E-state index contributed by atoms with van der Waals surface area (Å²) in [6, 6.07) is 5.54. The zero-order valence-electron chi connectivity index (χ0n) is 12.4. The third-order valence-electron chi connectivity index (χ3n) is 3.01. The minimum absolute atomic E-state index is 0.0910. The van der Waals surface area contributed by atoms with Crippen LogP contribution in [0.25, 0.3) is 5.53 Å². The van der Waals surface area contributed by atoms with E-state index >= 15 is 0 Å². The topological polar surface area (TPSA) is 83.0 Å². The molecule has 0 fully saturated rings. The number of alkyl halides is 3. The summed E-state index contributed by atoms with van der Waals surface area (Å²) in [6.07, 6.45) is -5.27.